The summed E-state index contributed by atoms with van der Waals surface area (Å²) in [5.41, 5.74) is 1.32. The van der Waals surface area contributed by atoms with E-state index in [4.69, 9.17) is 0 Å². The molecule has 0 spiro atoms. The highest BCUT2D eigenvalue weighted by Crippen LogP contribution is 2.10. The van der Waals surface area contributed by atoms with Crippen LogP contribution in [0.25, 0.3) is 0 Å². The van der Waals surface area contributed by atoms with E-state index in [9.17, 15) is 8.42 Å². The van der Waals surface area contributed by atoms with Crippen LogP contribution in [-0.2, 0) is 10.0 Å². The summed E-state index contributed by atoms with van der Waals surface area (Å²) >= 11 is 0. The number of hydrogen-bond donors (Lipinski definition) is 2. The molecular weight excluding hydrogens is 264 g/mol. The average molecular weight is 284 g/mol. The molecule has 1 unspecified atom stereocenters. The van der Waals surface area contributed by atoms with E-state index in [-0.39, 0.29) is 5.16 Å². The van der Waals surface area contributed by atoms with Gasteiger partial charge in [-0.15, -0.1) is 0 Å². The zero-order valence-corrected chi connectivity index (χ0v) is 12.1. The van der Waals surface area contributed by atoms with E-state index in [0.29, 0.717) is 23.9 Å². The number of rotatable bonds is 4. The van der Waals surface area contributed by atoms with Gasteiger partial charge >= 0.3 is 0 Å². The van der Waals surface area contributed by atoms with Crippen molar-refractivity contribution < 1.29 is 8.42 Å². The number of hydrogen-bond acceptors (Lipinski definition) is 5. The summed E-state index contributed by atoms with van der Waals surface area (Å²) in [5.74, 6) is 0.342. The molecule has 7 heteroatoms. The van der Waals surface area contributed by atoms with Crippen LogP contribution < -0.4 is 10.0 Å². The highest BCUT2D eigenvalue weighted by atomic mass is 32.2. The molecule has 106 valence electrons. The largest absolute Gasteiger partial charge is 0.316 e. The SMILES string of the molecule is Cc1cc(C)nc(S(=O)(=O)NCC2CCCNC2)n1. The Morgan fingerprint density at radius 3 is 2.63 bits per heavy atom. The maximum atomic E-state index is 12.1. The van der Waals surface area contributed by atoms with E-state index in [1.807, 2.05) is 0 Å². The van der Waals surface area contributed by atoms with Crippen LogP contribution in [0.3, 0.4) is 0 Å². The molecule has 1 fully saturated rings. The molecular formula is C12H20N4O2S. The Balaban J connectivity index is 2.04. The Bertz CT molecular complexity index is 518. The second-order valence-corrected chi connectivity index (χ2v) is 6.66. The van der Waals surface area contributed by atoms with Crippen molar-refractivity contribution in [1.82, 2.24) is 20.0 Å². The van der Waals surface area contributed by atoms with Gasteiger partial charge in [-0.25, -0.2) is 23.1 Å². The van der Waals surface area contributed by atoms with Crippen molar-refractivity contribution in [2.75, 3.05) is 19.6 Å². The van der Waals surface area contributed by atoms with E-state index in [1.165, 1.54) is 0 Å². The molecule has 0 bridgehead atoms. The molecule has 0 aromatic carbocycles. The van der Waals surface area contributed by atoms with Gasteiger partial charge in [0, 0.05) is 17.9 Å². The van der Waals surface area contributed by atoms with E-state index >= 15 is 0 Å². The third-order valence-corrected chi connectivity index (χ3v) is 4.37. The van der Waals surface area contributed by atoms with Crippen molar-refractivity contribution in [2.45, 2.75) is 31.8 Å². The van der Waals surface area contributed by atoms with Crippen molar-refractivity contribution >= 4 is 10.0 Å². The van der Waals surface area contributed by atoms with Crippen molar-refractivity contribution in [3.05, 3.63) is 17.5 Å². The zero-order valence-electron chi connectivity index (χ0n) is 11.3. The zero-order chi connectivity index (χ0) is 13.9. The predicted octanol–water partition coefficient (Wildman–Crippen LogP) is 0.371. The van der Waals surface area contributed by atoms with Gasteiger partial charge in [-0.2, -0.15) is 0 Å². The quantitative estimate of drug-likeness (QED) is 0.781. The normalized spacial score (nSPS) is 20.4. The summed E-state index contributed by atoms with van der Waals surface area (Å²) in [4.78, 5) is 7.98. The molecule has 1 atom stereocenters. The van der Waals surface area contributed by atoms with Gasteiger partial charge < -0.3 is 5.32 Å². The highest BCUT2D eigenvalue weighted by Gasteiger charge is 2.21. The van der Waals surface area contributed by atoms with Gasteiger partial charge in [0.15, 0.2) is 0 Å². The third-order valence-electron chi connectivity index (χ3n) is 3.16. The number of aryl methyl sites for hydroxylation is 2. The Morgan fingerprint density at radius 1 is 1.37 bits per heavy atom. The molecule has 1 aliphatic rings. The molecule has 1 saturated heterocycles. The van der Waals surface area contributed by atoms with Gasteiger partial charge in [0.25, 0.3) is 15.2 Å². The van der Waals surface area contributed by atoms with Crippen LogP contribution in [0, 0.1) is 19.8 Å². The molecule has 1 aromatic heterocycles. The molecule has 6 nitrogen and oxygen atoms in total. The molecule has 2 rings (SSSR count). The lowest BCUT2D eigenvalue weighted by atomic mass is 10.0. The van der Waals surface area contributed by atoms with Gasteiger partial charge in [0.05, 0.1) is 0 Å². The molecule has 1 aliphatic heterocycles. The molecule has 0 saturated carbocycles. The standard InChI is InChI=1S/C12H20N4O2S/c1-9-6-10(2)16-12(15-9)19(17,18)14-8-11-4-3-5-13-7-11/h6,11,13-14H,3-5,7-8H2,1-2H3. The van der Waals surface area contributed by atoms with Gasteiger partial charge in [0.1, 0.15) is 0 Å². The molecule has 0 radical (unpaired) electrons. The lowest BCUT2D eigenvalue weighted by molar-refractivity contribution is 0.375. The summed E-state index contributed by atoms with van der Waals surface area (Å²) in [7, 11) is -3.60. The predicted molar refractivity (Wildman–Crippen MR) is 72.3 cm³/mol. The summed E-state index contributed by atoms with van der Waals surface area (Å²) in [6.07, 6.45) is 2.13. The average Bonchev–Trinajstić information content (AvgIpc) is 2.37. The fraction of sp³-hybridized carbons (Fsp3) is 0.667. The van der Waals surface area contributed by atoms with Crippen LogP contribution in [-0.4, -0.2) is 38.0 Å². The van der Waals surface area contributed by atoms with E-state index in [1.54, 1.807) is 19.9 Å². The fourth-order valence-electron chi connectivity index (χ4n) is 2.20. The maximum Gasteiger partial charge on any atom is 0.276 e. The fourth-order valence-corrected chi connectivity index (χ4v) is 3.32. The number of piperidine rings is 1. The highest BCUT2D eigenvalue weighted by molar-refractivity contribution is 7.89. The van der Waals surface area contributed by atoms with Gasteiger partial charge in [-0.1, -0.05) is 0 Å². The van der Waals surface area contributed by atoms with Crippen molar-refractivity contribution in [3.8, 4) is 0 Å². The topological polar surface area (TPSA) is 84.0 Å². The van der Waals surface area contributed by atoms with E-state index < -0.39 is 10.0 Å². The van der Waals surface area contributed by atoms with Gasteiger partial charge in [-0.05, 0) is 51.8 Å². The maximum absolute atomic E-state index is 12.1. The number of nitrogens with one attached hydrogen (secondary N) is 2. The molecule has 1 aromatic rings. The smallest absolute Gasteiger partial charge is 0.276 e. The van der Waals surface area contributed by atoms with Crippen molar-refractivity contribution in [3.63, 3.8) is 0 Å². The van der Waals surface area contributed by atoms with Gasteiger partial charge in [-0.3, -0.25) is 0 Å². The van der Waals surface area contributed by atoms with Crippen molar-refractivity contribution in [1.29, 1.82) is 0 Å². The first-order chi connectivity index (χ1) is 8.97. The second-order valence-electron chi connectivity index (χ2n) is 5.00. The lowest BCUT2D eigenvalue weighted by Gasteiger charge is -2.22. The molecule has 2 heterocycles. The number of nitrogens with zero attached hydrogens (tertiary/aromatic N) is 2. The third kappa shape index (κ3) is 3.95. The second kappa shape index (κ2) is 5.94. The Labute approximate surface area is 114 Å². The lowest BCUT2D eigenvalue weighted by Crippen LogP contribution is -2.38. The van der Waals surface area contributed by atoms with Crippen LogP contribution in [0.2, 0.25) is 0 Å². The molecule has 0 amide bonds. The number of sulfonamides is 1. The molecule has 0 aliphatic carbocycles. The molecule has 2 N–H and O–H groups in total. The van der Waals surface area contributed by atoms with Crippen LogP contribution in [0.4, 0.5) is 0 Å². The van der Waals surface area contributed by atoms with Crippen LogP contribution >= 0.6 is 0 Å². The summed E-state index contributed by atoms with van der Waals surface area (Å²) in [6, 6.07) is 1.75. The van der Waals surface area contributed by atoms with Crippen LogP contribution in [0.1, 0.15) is 24.2 Å². The van der Waals surface area contributed by atoms with E-state index in [0.717, 1.165) is 25.9 Å². The molecule has 19 heavy (non-hydrogen) atoms. The first-order valence-corrected chi connectivity index (χ1v) is 7.98. The van der Waals surface area contributed by atoms with Crippen LogP contribution in [0.5, 0.6) is 0 Å². The first kappa shape index (κ1) is 14.4. The van der Waals surface area contributed by atoms with E-state index in [2.05, 4.69) is 20.0 Å². The summed E-state index contributed by atoms with van der Waals surface area (Å²) in [6.45, 7) is 5.84. The minimum Gasteiger partial charge on any atom is -0.316 e. The number of aromatic nitrogens is 2. The summed E-state index contributed by atoms with van der Waals surface area (Å²) in [5, 5.41) is 3.13. The Hall–Kier alpha value is -1.05. The minimum atomic E-state index is -3.60. The summed E-state index contributed by atoms with van der Waals surface area (Å²) < 4.78 is 26.9. The van der Waals surface area contributed by atoms with Crippen molar-refractivity contribution in [2.24, 2.45) is 5.92 Å². The van der Waals surface area contributed by atoms with Gasteiger partial charge in [0.2, 0.25) is 0 Å². The monoisotopic (exact) mass is 284 g/mol. The van der Waals surface area contributed by atoms with Crippen LogP contribution in [0.15, 0.2) is 11.2 Å². The Morgan fingerprint density at radius 2 is 2.05 bits per heavy atom. The Kier molecular flexibility index (Phi) is 4.49. The minimum absolute atomic E-state index is 0.131. The first-order valence-electron chi connectivity index (χ1n) is 6.50.